The van der Waals surface area contributed by atoms with Crippen molar-refractivity contribution in [3.8, 4) is 0 Å². The van der Waals surface area contributed by atoms with Gasteiger partial charge in [-0.2, -0.15) is 5.10 Å². The molecule has 0 bridgehead atoms. The minimum Gasteiger partial charge on any atom is -0.379 e. The van der Waals surface area contributed by atoms with Gasteiger partial charge < -0.3 is 4.74 Å². The van der Waals surface area contributed by atoms with Crippen LogP contribution in [0.2, 0.25) is 0 Å². The summed E-state index contributed by atoms with van der Waals surface area (Å²) in [6.45, 7) is 4.35. The molecule has 0 saturated carbocycles. The van der Waals surface area contributed by atoms with Crippen LogP contribution < -0.4 is 5.43 Å². The van der Waals surface area contributed by atoms with Gasteiger partial charge in [0.05, 0.1) is 19.4 Å². The third kappa shape index (κ3) is 4.44. The molecule has 0 unspecified atom stereocenters. The van der Waals surface area contributed by atoms with E-state index in [1.807, 2.05) is 54.6 Å². The van der Waals surface area contributed by atoms with Gasteiger partial charge in [-0.1, -0.05) is 54.6 Å². The van der Waals surface area contributed by atoms with E-state index in [0.717, 1.165) is 49.2 Å². The Bertz CT molecular complexity index is 971. The number of hydrazone groups is 1. The molecule has 1 aliphatic rings. The average Bonchev–Trinajstić information content (AvgIpc) is 2.75. The maximum atomic E-state index is 12.3. The number of nitrogens with one attached hydrogen (secondary N) is 1. The van der Waals surface area contributed by atoms with Gasteiger partial charge in [-0.3, -0.25) is 9.69 Å². The highest BCUT2D eigenvalue weighted by atomic mass is 16.5. The normalized spacial score (nSPS) is 15.1. The number of nitrogens with zero attached hydrogens (tertiary/aromatic N) is 2. The second-order valence-corrected chi connectivity index (χ2v) is 6.85. The van der Waals surface area contributed by atoms with Gasteiger partial charge in [-0.25, -0.2) is 5.43 Å². The van der Waals surface area contributed by atoms with Gasteiger partial charge in [-0.05, 0) is 28.5 Å². The van der Waals surface area contributed by atoms with Crippen molar-refractivity contribution < 1.29 is 9.53 Å². The standard InChI is InChI=1S/C23H23N3O2/c27-23(20-10-8-18(9-11-20)17-26-12-14-28-15-13-26)25-24-16-21-6-3-5-19-4-1-2-7-22(19)21/h1-11,16H,12-15,17H2,(H,25,27)/b24-16-. The Morgan fingerprint density at radius 1 is 1.00 bits per heavy atom. The van der Waals surface area contributed by atoms with Crippen LogP contribution in [0.1, 0.15) is 21.5 Å². The summed E-state index contributed by atoms with van der Waals surface area (Å²) in [5.41, 5.74) is 5.38. The van der Waals surface area contributed by atoms with Gasteiger partial charge in [0.2, 0.25) is 0 Å². The molecule has 0 atom stereocenters. The highest BCUT2D eigenvalue weighted by Gasteiger charge is 2.11. The lowest BCUT2D eigenvalue weighted by Crippen LogP contribution is -2.35. The Morgan fingerprint density at radius 3 is 2.57 bits per heavy atom. The average molecular weight is 373 g/mol. The fourth-order valence-corrected chi connectivity index (χ4v) is 3.37. The summed E-state index contributed by atoms with van der Waals surface area (Å²) in [4.78, 5) is 14.7. The molecule has 4 rings (SSSR count). The van der Waals surface area contributed by atoms with Crippen molar-refractivity contribution in [2.24, 2.45) is 5.10 Å². The van der Waals surface area contributed by atoms with Crippen LogP contribution in [0, 0.1) is 0 Å². The van der Waals surface area contributed by atoms with Crippen LogP contribution >= 0.6 is 0 Å². The summed E-state index contributed by atoms with van der Waals surface area (Å²) < 4.78 is 5.37. The van der Waals surface area contributed by atoms with Crippen molar-refractivity contribution >= 4 is 22.9 Å². The van der Waals surface area contributed by atoms with Gasteiger partial charge >= 0.3 is 0 Å². The quantitative estimate of drug-likeness (QED) is 0.551. The van der Waals surface area contributed by atoms with Gasteiger partial charge in [0.25, 0.3) is 5.91 Å². The summed E-state index contributed by atoms with van der Waals surface area (Å²) in [6, 6.07) is 21.8. The summed E-state index contributed by atoms with van der Waals surface area (Å²) >= 11 is 0. The molecule has 1 heterocycles. The van der Waals surface area contributed by atoms with Crippen LogP contribution in [0.4, 0.5) is 0 Å². The van der Waals surface area contributed by atoms with Gasteiger partial charge in [0.15, 0.2) is 0 Å². The maximum Gasteiger partial charge on any atom is 0.271 e. The Kier molecular flexibility index (Phi) is 5.75. The molecule has 3 aromatic rings. The summed E-state index contributed by atoms with van der Waals surface area (Å²) in [6.07, 6.45) is 1.69. The molecule has 1 saturated heterocycles. The highest BCUT2D eigenvalue weighted by molar-refractivity contribution is 6.00. The smallest absolute Gasteiger partial charge is 0.271 e. The van der Waals surface area contributed by atoms with Crippen LogP contribution in [0.5, 0.6) is 0 Å². The minimum absolute atomic E-state index is 0.214. The molecular formula is C23H23N3O2. The van der Waals surface area contributed by atoms with Crippen LogP contribution in [-0.2, 0) is 11.3 Å². The Hall–Kier alpha value is -3.02. The van der Waals surface area contributed by atoms with E-state index in [4.69, 9.17) is 4.74 Å². The summed E-state index contributed by atoms with van der Waals surface area (Å²) in [5.74, 6) is -0.214. The van der Waals surface area contributed by atoms with E-state index in [1.165, 1.54) is 5.56 Å². The SMILES string of the molecule is O=C(N/N=C\c1cccc2ccccc12)c1ccc(CN2CCOCC2)cc1. The van der Waals surface area contributed by atoms with Crippen molar-refractivity contribution in [3.05, 3.63) is 83.4 Å². The van der Waals surface area contributed by atoms with E-state index in [1.54, 1.807) is 6.21 Å². The number of ether oxygens (including phenoxy) is 1. The van der Waals surface area contributed by atoms with Crippen molar-refractivity contribution in [1.29, 1.82) is 0 Å². The molecule has 28 heavy (non-hydrogen) atoms. The molecule has 1 fully saturated rings. The summed E-state index contributed by atoms with van der Waals surface area (Å²) in [7, 11) is 0. The van der Waals surface area contributed by atoms with E-state index in [-0.39, 0.29) is 5.91 Å². The zero-order chi connectivity index (χ0) is 19.2. The van der Waals surface area contributed by atoms with Crippen molar-refractivity contribution in [1.82, 2.24) is 10.3 Å². The zero-order valence-corrected chi connectivity index (χ0v) is 15.7. The Balaban J connectivity index is 1.37. The predicted molar refractivity (Wildman–Crippen MR) is 112 cm³/mol. The van der Waals surface area contributed by atoms with E-state index < -0.39 is 0 Å². The highest BCUT2D eigenvalue weighted by Crippen LogP contribution is 2.16. The molecule has 0 aromatic heterocycles. The molecule has 5 heteroatoms. The lowest BCUT2D eigenvalue weighted by molar-refractivity contribution is 0.0342. The van der Waals surface area contributed by atoms with Crippen molar-refractivity contribution in [3.63, 3.8) is 0 Å². The van der Waals surface area contributed by atoms with Crippen LogP contribution in [-0.4, -0.2) is 43.3 Å². The van der Waals surface area contributed by atoms with Crippen LogP contribution in [0.25, 0.3) is 10.8 Å². The lowest BCUT2D eigenvalue weighted by atomic mass is 10.1. The van der Waals surface area contributed by atoms with Crippen LogP contribution in [0.3, 0.4) is 0 Å². The van der Waals surface area contributed by atoms with E-state index in [2.05, 4.69) is 27.6 Å². The number of benzene rings is 3. The second kappa shape index (κ2) is 8.78. The molecule has 0 radical (unpaired) electrons. The monoisotopic (exact) mass is 373 g/mol. The third-order valence-electron chi connectivity index (χ3n) is 4.92. The second-order valence-electron chi connectivity index (χ2n) is 6.85. The predicted octanol–water partition coefficient (Wildman–Crippen LogP) is 3.44. The van der Waals surface area contributed by atoms with E-state index in [0.29, 0.717) is 5.56 Å². The molecule has 0 aliphatic carbocycles. The zero-order valence-electron chi connectivity index (χ0n) is 15.7. The van der Waals surface area contributed by atoms with Gasteiger partial charge in [0, 0.05) is 30.8 Å². The number of hydrogen-bond acceptors (Lipinski definition) is 4. The number of carbonyl (C=O) groups excluding carboxylic acids is 1. The number of amides is 1. The number of rotatable bonds is 5. The van der Waals surface area contributed by atoms with Gasteiger partial charge in [0.1, 0.15) is 0 Å². The molecule has 1 N–H and O–H groups in total. The van der Waals surface area contributed by atoms with E-state index >= 15 is 0 Å². The third-order valence-corrected chi connectivity index (χ3v) is 4.92. The molecule has 5 nitrogen and oxygen atoms in total. The molecule has 142 valence electrons. The first-order chi connectivity index (χ1) is 13.8. The fraction of sp³-hybridized carbons (Fsp3) is 0.217. The Labute approximate surface area is 164 Å². The number of morpholine rings is 1. The minimum atomic E-state index is -0.214. The number of carbonyl (C=O) groups is 1. The van der Waals surface area contributed by atoms with Gasteiger partial charge in [-0.15, -0.1) is 0 Å². The fourth-order valence-electron chi connectivity index (χ4n) is 3.37. The van der Waals surface area contributed by atoms with Crippen LogP contribution in [0.15, 0.2) is 71.8 Å². The molecule has 0 spiro atoms. The number of fused-ring (bicyclic) bond motifs is 1. The molecule has 1 aliphatic heterocycles. The van der Waals surface area contributed by atoms with Crippen molar-refractivity contribution in [2.45, 2.75) is 6.54 Å². The first kappa shape index (κ1) is 18.3. The number of hydrogen-bond donors (Lipinski definition) is 1. The topological polar surface area (TPSA) is 53.9 Å². The van der Waals surface area contributed by atoms with Crippen molar-refractivity contribution in [2.75, 3.05) is 26.3 Å². The van der Waals surface area contributed by atoms with E-state index in [9.17, 15) is 4.79 Å². The maximum absolute atomic E-state index is 12.3. The summed E-state index contributed by atoms with van der Waals surface area (Å²) in [5, 5.41) is 6.39. The molecule has 1 amide bonds. The largest absolute Gasteiger partial charge is 0.379 e. The Morgan fingerprint density at radius 2 is 1.75 bits per heavy atom. The molecule has 3 aromatic carbocycles. The first-order valence-electron chi connectivity index (χ1n) is 9.50. The first-order valence-corrected chi connectivity index (χ1v) is 9.50. The lowest BCUT2D eigenvalue weighted by Gasteiger charge is -2.26. The molecular weight excluding hydrogens is 350 g/mol.